The Balaban J connectivity index is 1.76. The highest BCUT2D eigenvalue weighted by Gasteiger charge is 2.52. The highest BCUT2D eigenvalue weighted by molar-refractivity contribution is 7.41. The first-order valence-electron chi connectivity index (χ1n) is 8.81. The molecule has 1 nitrogen and oxygen atoms in total. The SMILES string of the molecule is OPc1ccccc1[C@@H]1CCC[C@@]12CCC[C@H]2c1[c]cccc1. The Labute approximate surface area is 141 Å². The molecular formula is C21H24OP. The molecule has 0 aliphatic heterocycles. The summed E-state index contributed by atoms with van der Waals surface area (Å²) in [5.41, 5.74) is 3.20. The van der Waals surface area contributed by atoms with Gasteiger partial charge >= 0.3 is 0 Å². The highest BCUT2D eigenvalue weighted by Crippen LogP contribution is 2.64. The molecule has 0 saturated heterocycles. The fourth-order valence-electron chi connectivity index (χ4n) is 5.37. The third-order valence-electron chi connectivity index (χ3n) is 6.22. The van der Waals surface area contributed by atoms with Gasteiger partial charge in [0.15, 0.2) is 0 Å². The summed E-state index contributed by atoms with van der Waals surface area (Å²) in [6.07, 6.45) is 7.86. The third kappa shape index (κ3) is 2.55. The van der Waals surface area contributed by atoms with Crippen LogP contribution in [0.25, 0.3) is 0 Å². The van der Waals surface area contributed by atoms with Gasteiger partial charge in [-0.25, -0.2) is 0 Å². The normalized spacial score (nSPS) is 30.7. The van der Waals surface area contributed by atoms with E-state index in [4.69, 9.17) is 0 Å². The molecule has 1 unspecified atom stereocenters. The van der Waals surface area contributed by atoms with Crippen LogP contribution in [0.3, 0.4) is 0 Å². The number of hydrogen-bond acceptors (Lipinski definition) is 1. The first kappa shape index (κ1) is 15.4. The Kier molecular flexibility index (Phi) is 4.26. The van der Waals surface area contributed by atoms with Crippen LogP contribution in [0.2, 0.25) is 0 Å². The lowest BCUT2D eigenvalue weighted by molar-refractivity contribution is 0.232. The summed E-state index contributed by atoms with van der Waals surface area (Å²) in [4.78, 5) is 9.81. The van der Waals surface area contributed by atoms with Gasteiger partial charge in [0.05, 0.1) is 0 Å². The quantitative estimate of drug-likeness (QED) is 0.795. The Morgan fingerprint density at radius 1 is 0.957 bits per heavy atom. The van der Waals surface area contributed by atoms with Crippen LogP contribution in [-0.4, -0.2) is 4.89 Å². The minimum Gasteiger partial charge on any atom is -0.372 e. The van der Waals surface area contributed by atoms with Crippen LogP contribution in [0.1, 0.15) is 61.5 Å². The van der Waals surface area contributed by atoms with E-state index in [-0.39, 0.29) is 8.81 Å². The Hall–Kier alpha value is -1.17. The second kappa shape index (κ2) is 6.38. The maximum absolute atomic E-state index is 9.81. The summed E-state index contributed by atoms with van der Waals surface area (Å²) in [6, 6.07) is 20.6. The van der Waals surface area contributed by atoms with E-state index >= 15 is 0 Å². The lowest BCUT2D eigenvalue weighted by Crippen LogP contribution is -2.29. The smallest absolute Gasteiger partial charge is 0.0422 e. The van der Waals surface area contributed by atoms with Gasteiger partial charge in [0, 0.05) is 14.1 Å². The summed E-state index contributed by atoms with van der Waals surface area (Å²) in [5, 5.41) is 1.15. The van der Waals surface area contributed by atoms with E-state index < -0.39 is 0 Å². The molecule has 0 bridgehead atoms. The summed E-state index contributed by atoms with van der Waals surface area (Å²) in [7, 11) is -0.0944. The highest BCUT2D eigenvalue weighted by atomic mass is 31.1. The van der Waals surface area contributed by atoms with Crippen molar-refractivity contribution in [3.8, 4) is 0 Å². The molecule has 4 atom stereocenters. The van der Waals surface area contributed by atoms with E-state index in [1.165, 1.54) is 49.7 Å². The van der Waals surface area contributed by atoms with Gasteiger partial charge in [0.1, 0.15) is 0 Å². The molecule has 2 aliphatic carbocycles. The minimum atomic E-state index is -0.0944. The molecule has 2 aromatic rings. The van der Waals surface area contributed by atoms with Crippen LogP contribution in [0.15, 0.2) is 48.5 Å². The molecule has 0 aromatic heterocycles. The van der Waals surface area contributed by atoms with E-state index in [0.717, 1.165) is 5.30 Å². The van der Waals surface area contributed by atoms with Crippen molar-refractivity contribution in [2.75, 3.05) is 0 Å². The Morgan fingerprint density at radius 3 is 2.43 bits per heavy atom. The molecule has 4 rings (SSSR count). The molecule has 2 heteroatoms. The summed E-state index contributed by atoms with van der Waals surface area (Å²) >= 11 is 0. The van der Waals surface area contributed by atoms with Crippen molar-refractivity contribution in [3.05, 3.63) is 65.7 Å². The summed E-state index contributed by atoms with van der Waals surface area (Å²) in [6.45, 7) is 0. The number of rotatable bonds is 3. The van der Waals surface area contributed by atoms with Crippen molar-refractivity contribution in [3.63, 3.8) is 0 Å². The Morgan fingerprint density at radius 2 is 1.70 bits per heavy atom. The molecule has 119 valence electrons. The summed E-state index contributed by atoms with van der Waals surface area (Å²) in [5.74, 6) is 1.23. The fourth-order valence-corrected chi connectivity index (χ4v) is 5.92. The molecule has 2 fully saturated rings. The van der Waals surface area contributed by atoms with E-state index in [9.17, 15) is 4.89 Å². The average molecular weight is 323 g/mol. The fraction of sp³-hybridized carbons (Fsp3) is 0.429. The van der Waals surface area contributed by atoms with Crippen molar-refractivity contribution >= 4 is 14.1 Å². The van der Waals surface area contributed by atoms with Gasteiger partial charge in [-0.3, -0.25) is 0 Å². The van der Waals surface area contributed by atoms with Crippen LogP contribution in [-0.2, 0) is 0 Å². The second-order valence-electron chi connectivity index (χ2n) is 7.14. The first-order chi connectivity index (χ1) is 11.3. The van der Waals surface area contributed by atoms with Gasteiger partial charge in [-0.1, -0.05) is 61.4 Å². The first-order valence-corrected chi connectivity index (χ1v) is 9.75. The minimum absolute atomic E-state index is 0.0944. The van der Waals surface area contributed by atoms with Crippen LogP contribution in [0.5, 0.6) is 0 Å². The predicted octanol–water partition coefficient (Wildman–Crippen LogP) is 4.92. The summed E-state index contributed by atoms with van der Waals surface area (Å²) < 4.78 is 0. The molecule has 2 aromatic carbocycles. The molecule has 1 N–H and O–H groups in total. The van der Waals surface area contributed by atoms with Gasteiger partial charge in [0.25, 0.3) is 0 Å². The van der Waals surface area contributed by atoms with Gasteiger partial charge in [-0.15, -0.1) is 0 Å². The van der Waals surface area contributed by atoms with Crippen molar-refractivity contribution in [2.24, 2.45) is 5.41 Å². The molecule has 2 saturated carbocycles. The van der Waals surface area contributed by atoms with Crippen LogP contribution < -0.4 is 5.30 Å². The molecule has 1 spiro atoms. The number of benzene rings is 2. The van der Waals surface area contributed by atoms with Crippen molar-refractivity contribution < 1.29 is 4.89 Å². The molecular weight excluding hydrogens is 299 g/mol. The third-order valence-corrected chi connectivity index (χ3v) is 6.92. The van der Waals surface area contributed by atoms with Crippen molar-refractivity contribution in [1.82, 2.24) is 0 Å². The van der Waals surface area contributed by atoms with Gasteiger partial charge in [-0.05, 0) is 60.1 Å². The van der Waals surface area contributed by atoms with Crippen molar-refractivity contribution in [2.45, 2.75) is 50.4 Å². The molecule has 2 aliphatic rings. The monoisotopic (exact) mass is 323 g/mol. The predicted molar refractivity (Wildman–Crippen MR) is 97.5 cm³/mol. The van der Waals surface area contributed by atoms with Crippen molar-refractivity contribution in [1.29, 1.82) is 0 Å². The largest absolute Gasteiger partial charge is 0.372 e. The van der Waals surface area contributed by atoms with Gasteiger partial charge < -0.3 is 4.89 Å². The van der Waals surface area contributed by atoms with Crippen LogP contribution in [0, 0.1) is 11.5 Å². The maximum Gasteiger partial charge on any atom is 0.0422 e. The van der Waals surface area contributed by atoms with Crippen LogP contribution >= 0.6 is 8.81 Å². The second-order valence-corrected chi connectivity index (χ2v) is 7.90. The molecule has 23 heavy (non-hydrogen) atoms. The Bertz CT molecular complexity index is 665. The zero-order chi connectivity index (χ0) is 15.7. The lowest BCUT2D eigenvalue weighted by Gasteiger charge is -2.39. The maximum atomic E-state index is 9.81. The van der Waals surface area contributed by atoms with E-state index in [2.05, 4.69) is 54.6 Å². The average Bonchev–Trinajstić information content (AvgIpc) is 3.23. The molecule has 1 radical (unpaired) electrons. The molecule has 0 amide bonds. The lowest BCUT2D eigenvalue weighted by atomic mass is 9.65. The van der Waals surface area contributed by atoms with Crippen LogP contribution in [0.4, 0.5) is 0 Å². The van der Waals surface area contributed by atoms with Gasteiger partial charge in [0.2, 0.25) is 0 Å². The van der Waals surface area contributed by atoms with E-state index in [1.807, 2.05) is 0 Å². The topological polar surface area (TPSA) is 20.2 Å². The zero-order valence-electron chi connectivity index (χ0n) is 13.5. The molecule has 0 heterocycles. The van der Waals surface area contributed by atoms with E-state index in [0.29, 0.717) is 17.3 Å². The van der Waals surface area contributed by atoms with Gasteiger partial charge in [-0.2, -0.15) is 0 Å². The standard InChI is InChI=1S/C21H24OP/c22-23-20-13-5-4-10-17(20)19-12-7-15-21(19)14-6-11-18(21)16-8-2-1-3-9-16/h1-5,8,10,13,18-19,22-23H,6-7,11-12,14-15H2/t18-,19-,21+/m0/s1. The zero-order valence-corrected chi connectivity index (χ0v) is 14.5. The van der Waals surface area contributed by atoms with E-state index in [1.54, 1.807) is 0 Å². The number of hydrogen-bond donors (Lipinski definition) is 1.